The van der Waals surface area contributed by atoms with Gasteiger partial charge in [0.2, 0.25) is 17.7 Å². The van der Waals surface area contributed by atoms with Gasteiger partial charge in [0.25, 0.3) is 0 Å². The van der Waals surface area contributed by atoms with Crippen molar-refractivity contribution in [3.8, 4) is 0 Å². The molecule has 0 aromatic carbocycles. The van der Waals surface area contributed by atoms with Crippen LogP contribution in [0.5, 0.6) is 0 Å². The number of rotatable bonds is 16. The summed E-state index contributed by atoms with van der Waals surface area (Å²) in [7, 11) is 0. The first-order chi connectivity index (χ1) is 19.1. The van der Waals surface area contributed by atoms with E-state index in [9.17, 15) is 19.5 Å². The Hall–Kier alpha value is -2.19. The average molecular weight is 560 g/mol. The van der Waals surface area contributed by atoms with Crippen LogP contribution in [0.15, 0.2) is 25.3 Å². The molecule has 3 unspecified atom stereocenters. The summed E-state index contributed by atoms with van der Waals surface area (Å²) in [5.41, 5.74) is -1.90. The van der Waals surface area contributed by atoms with E-state index >= 15 is 0 Å². The number of nitrogens with zero attached hydrogens (tertiary/aromatic N) is 3. The van der Waals surface area contributed by atoms with Gasteiger partial charge in [-0.15, -0.1) is 13.2 Å². The van der Waals surface area contributed by atoms with Gasteiger partial charge in [-0.25, -0.2) is 0 Å². The van der Waals surface area contributed by atoms with Crippen LogP contribution in [0.4, 0.5) is 0 Å². The van der Waals surface area contributed by atoms with Crippen LogP contribution in [-0.4, -0.2) is 93.1 Å². The third-order valence-electron chi connectivity index (χ3n) is 9.97. The predicted molar refractivity (Wildman–Crippen MR) is 157 cm³/mol. The van der Waals surface area contributed by atoms with E-state index in [4.69, 9.17) is 4.74 Å². The summed E-state index contributed by atoms with van der Waals surface area (Å²) in [5.74, 6) is -1.98. The van der Waals surface area contributed by atoms with E-state index < -0.39 is 35.1 Å². The molecular weight excluding hydrogens is 506 g/mol. The molecule has 0 aliphatic carbocycles. The Balaban J connectivity index is 2.21. The lowest BCUT2D eigenvalue weighted by molar-refractivity contribution is -0.160. The summed E-state index contributed by atoms with van der Waals surface area (Å²) in [4.78, 5) is 48.8. The maximum atomic E-state index is 14.7. The Kier molecular flexibility index (Phi) is 10.7. The molecule has 3 saturated heterocycles. The van der Waals surface area contributed by atoms with Crippen LogP contribution in [-0.2, 0) is 19.1 Å². The molecule has 3 heterocycles. The highest BCUT2D eigenvalue weighted by Crippen LogP contribution is 2.65. The smallest absolute Gasteiger partial charge is 0.248 e. The van der Waals surface area contributed by atoms with Crippen LogP contribution in [0.2, 0.25) is 0 Å². The van der Waals surface area contributed by atoms with E-state index in [0.29, 0.717) is 38.9 Å². The molecule has 3 rings (SSSR count). The van der Waals surface area contributed by atoms with Crippen molar-refractivity contribution in [1.82, 2.24) is 14.7 Å². The Morgan fingerprint density at radius 3 is 2.30 bits per heavy atom. The zero-order valence-corrected chi connectivity index (χ0v) is 25.7. The van der Waals surface area contributed by atoms with Gasteiger partial charge in [-0.3, -0.25) is 14.4 Å². The molecule has 1 N–H and O–H groups in total. The first-order valence-corrected chi connectivity index (χ1v) is 15.5. The number of fused-ring (bicyclic) bond motifs is 1. The summed E-state index contributed by atoms with van der Waals surface area (Å²) >= 11 is 0. The minimum Gasteiger partial charge on any atom is -0.394 e. The standard InChI is InChI=1S/C32H53N3O5/c1-9-15-23(8)34(20-12-4)30(39)27-32-17-16-31(14-6,40-32)25(28(37)33(18-10-2)19-11-3)26(32)29(38)35(27)24(21-36)22(7)13-5/h10,12,22-27,36H,2,4,9,11,13-21H2,1,3,5-8H3/t22-,23?,24-,25+,26-,27?,31-,32?/m0/s1. The second-order valence-corrected chi connectivity index (χ2v) is 12.2. The SMILES string of the molecule is C=CCN(CCC)C(=O)[C@H]1[C@H]2C(=O)N([C@@H](CO)[C@@H](C)CC)C(C(=O)N(CC=C)C(C)CCC)C23CC[C@]1(CC)O3. The highest BCUT2D eigenvalue weighted by atomic mass is 16.5. The fourth-order valence-corrected chi connectivity index (χ4v) is 7.75. The summed E-state index contributed by atoms with van der Waals surface area (Å²) < 4.78 is 6.98. The quantitative estimate of drug-likeness (QED) is 0.287. The van der Waals surface area contributed by atoms with E-state index in [1.165, 1.54) is 0 Å². The molecule has 3 aliphatic rings. The van der Waals surface area contributed by atoms with Crippen LogP contribution in [0.3, 0.4) is 0 Å². The lowest BCUT2D eigenvalue weighted by Crippen LogP contribution is -2.61. The molecule has 0 aromatic rings. The van der Waals surface area contributed by atoms with Crippen molar-refractivity contribution in [2.75, 3.05) is 26.2 Å². The minimum atomic E-state index is -1.11. The molecular formula is C32H53N3O5. The van der Waals surface area contributed by atoms with Crippen LogP contribution in [0, 0.1) is 17.8 Å². The summed E-state index contributed by atoms with van der Waals surface area (Å²) in [6.07, 6.45) is 8.44. The molecule has 8 atom stereocenters. The van der Waals surface area contributed by atoms with Gasteiger partial charge in [-0.05, 0) is 44.9 Å². The largest absolute Gasteiger partial charge is 0.394 e. The van der Waals surface area contributed by atoms with Crippen molar-refractivity contribution < 1.29 is 24.2 Å². The van der Waals surface area contributed by atoms with Crippen LogP contribution in [0.1, 0.15) is 86.5 Å². The van der Waals surface area contributed by atoms with Crippen molar-refractivity contribution >= 4 is 17.7 Å². The maximum absolute atomic E-state index is 14.7. The Morgan fingerprint density at radius 1 is 1.10 bits per heavy atom. The minimum absolute atomic E-state index is 0.0377. The van der Waals surface area contributed by atoms with Crippen LogP contribution < -0.4 is 0 Å². The summed E-state index contributed by atoms with van der Waals surface area (Å²) in [6.45, 7) is 21.0. The zero-order valence-electron chi connectivity index (χ0n) is 25.7. The van der Waals surface area contributed by atoms with E-state index in [1.807, 2.05) is 39.5 Å². The van der Waals surface area contributed by atoms with Crippen molar-refractivity contribution in [3.05, 3.63) is 25.3 Å². The first-order valence-electron chi connectivity index (χ1n) is 15.5. The average Bonchev–Trinajstić information content (AvgIpc) is 3.55. The topological polar surface area (TPSA) is 90.4 Å². The van der Waals surface area contributed by atoms with Crippen LogP contribution >= 0.6 is 0 Å². The second-order valence-electron chi connectivity index (χ2n) is 12.2. The van der Waals surface area contributed by atoms with Gasteiger partial charge in [-0.1, -0.05) is 59.6 Å². The Morgan fingerprint density at radius 2 is 1.77 bits per heavy atom. The molecule has 226 valence electrons. The van der Waals surface area contributed by atoms with Crippen molar-refractivity contribution in [2.45, 2.75) is 116 Å². The number of carbonyl (C=O) groups excluding carboxylic acids is 3. The van der Waals surface area contributed by atoms with E-state index in [2.05, 4.69) is 20.1 Å². The van der Waals surface area contributed by atoms with Gasteiger partial charge < -0.3 is 24.5 Å². The van der Waals surface area contributed by atoms with Crippen molar-refractivity contribution in [1.29, 1.82) is 0 Å². The number of hydrogen-bond acceptors (Lipinski definition) is 5. The molecule has 40 heavy (non-hydrogen) atoms. The van der Waals surface area contributed by atoms with Gasteiger partial charge >= 0.3 is 0 Å². The molecule has 3 aliphatic heterocycles. The van der Waals surface area contributed by atoms with E-state index in [-0.39, 0.29) is 36.3 Å². The molecule has 8 heteroatoms. The Bertz CT molecular complexity index is 955. The number of ether oxygens (including phenoxy) is 1. The number of aliphatic hydroxyl groups excluding tert-OH is 1. The monoisotopic (exact) mass is 559 g/mol. The molecule has 3 amide bonds. The highest BCUT2D eigenvalue weighted by molar-refractivity contribution is 5.99. The lowest BCUT2D eigenvalue weighted by Gasteiger charge is -2.42. The molecule has 1 spiro atoms. The van der Waals surface area contributed by atoms with Gasteiger partial charge in [0.1, 0.15) is 11.6 Å². The number of hydrogen-bond donors (Lipinski definition) is 1. The van der Waals surface area contributed by atoms with Gasteiger partial charge in [0.15, 0.2) is 0 Å². The normalized spacial score (nSPS) is 31.0. The van der Waals surface area contributed by atoms with Gasteiger partial charge in [-0.2, -0.15) is 0 Å². The second kappa shape index (κ2) is 13.2. The molecule has 0 saturated carbocycles. The maximum Gasteiger partial charge on any atom is 0.248 e. The van der Waals surface area contributed by atoms with E-state index in [0.717, 1.165) is 25.7 Å². The number of aliphatic hydroxyl groups is 1. The molecule has 3 fully saturated rings. The number of amides is 3. The molecule has 2 bridgehead atoms. The van der Waals surface area contributed by atoms with Crippen LogP contribution in [0.25, 0.3) is 0 Å². The molecule has 0 aromatic heterocycles. The fraction of sp³-hybridized carbons (Fsp3) is 0.781. The number of carbonyl (C=O) groups is 3. The van der Waals surface area contributed by atoms with E-state index in [1.54, 1.807) is 22.0 Å². The number of likely N-dealkylation sites (tertiary alicyclic amines) is 1. The summed E-state index contributed by atoms with van der Waals surface area (Å²) in [6, 6.07) is -1.50. The van der Waals surface area contributed by atoms with Crippen molar-refractivity contribution in [3.63, 3.8) is 0 Å². The third-order valence-corrected chi connectivity index (χ3v) is 9.97. The Labute approximate surface area is 241 Å². The molecule has 8 nitrogen and oxygen atoms in total. The lowest BCUT2D eigenvalue weighted by atomic mass is 9.64. The molecule has 0 radical (unpaired) electrons. The van der Waals surface area contributed by atoms with Gasteiger partial charge in [0, 0.05) is 25.7 Å². The first kappa shape index (κ1) is 32.3. The van der Waals surface area contributed by atoms with Gasteiger partial charge in [0.05, 0.1) is 30.1 Å². The summed E-state index contributed by atoms with van der Waals surface area (Å²) in [5, 5.41) is 10.6. The van der Waals surface area contributed by atoms with Crippen molar-refractivity contribution in [2.24, 2.45) is 17.8 Å². The predicted octanol–water partition coefficient (Wildman–Crippen LogP) is 4.18. The zero-order chi connectivity index (χ0) is 29.8. The third kappa shape index (κ3) is 5.15. The fourth-order valence-electron chi connectivity index (χ4n) is 7.75. The highest BCUT2D eigenvalue weighted by Gasteiger charge is 2.79.